The minimum Gasteiger partial charge on any atom is -0.330 e. The average molecular weight is 276 g/mol. The summed E-state index contributed by atoms with van der Waals surface area (Å²) in [6.07, 6.45) is -3.84. The molecule has 1 heterocycles. The van der Waals surface area contributed by atoms with Crippen LogP contribution < -0.4 is 5.73 Å². The highest BCUT2D eigenvalue weighted by Crippen LogP contribution is 2.37. The zero-order valence-corrected chi connectivity index (χ0v) is 10.5. The molecule has 1 aliphatic heterocycles. The molecule has 0 saturated carbocycles. The van der Waals surface area contributed by atoms with Crippen molar-refractivity contribution in [2.24, 2.45) is 11.7 Å². The molecule has 2 N–H and O–H groups in total. The van der Waals surface area contributed by atoms with Crippen molar-refractivity contribution in [3.63, 3.8) is 0 Å². The third kappa shape index (κ3) is 2.90. The predicted octanol–water partition coefficient (Wildman–Crippen LogP) is 2.80. The first-order valence-corrected chi connectivity index (χ1v) is 6.10. The fourth-order valence-corrected chi connectivity index (χ4v) is 2.61. The van der Waals surface area contributed by atoms with Crippen molar-refractivity contribution in [1.82, 2.24) is 4.90 Å². The SMILES string of the molecule is CN1CC(CN)CC1c1ccc(C(F)(F)F)cc1F. The number of alkyl halides is 3. The second kappa shape index (κ2) is 5.09. The lowest BCUT2D eigenvalue weighted by molar-refractivity contribution is -0.137. The molecular weight excluding hydrogens is 260 g/mol. The fraction of sp³-hybridized carbons (Fsp3) is 0.538. The minimum absolute atomic E-state index is 0.198. The van der Waals surface area contributed by atoms with E-state index in [9.17, 15) is 17.6 Å². The van der Waals surface area contributed by atoms with E-state index in [-0.39, 0.29) is 12.0 Å². The van der Waals surface area contributed by atoms with Crippen LogP contribution in [-0.4, -0.2) is 25.0 Å². The molecule has 106 valence electrons. The zero-order valence-electron chi connectivity index (χ0n) is 10.5. The topological polar surface area (TPSA) is 29.3 Å². The minimum atomic E-state index is -4.51. The van der Waals surface area contributed by atoms with Gasteiger partial charge in [0.2, 0.25) is 0 Å². The van der Waals surface area contributed by atoms with Crippen LogP contribution in [0.3, 0.4) is 0 Å². The van der Waals surface area contributed by atoms with Crippen LogP contribution in [0, 0.1) is 11.7 Å². The van der Waals surface area contributed by atoms with Gasteiger partial charge in [0.05, 0.1) is 5.56 Å². The number of nitrogens with two attached hydrogens (primary N) is 1. The Labute approximate surface area is 109 Å². The summed E-state index contributed by atoms with van der Waals surface area (Å²) in [4.78, 5) is 1.93. The number of likely N-dealkylation sites (tertiary alicyclic amines) is 1. The maximum atomic E-state index is 13.9. The smallest absolute Gasteiger partial charge is 0.330 e. The molecular formula is C13H16F4N2. The molecule has 0 amide bonds. The monoisotopic (exact) mass is 276 g/mol. The van der Waals surface area contributed by atoms with Gasteiger partial charge >= 0.3 is 6.18 Å². The second-order valence-corrected chi connectivity index (χ2v) is 5.03. The molecule has 1 aromatic rings. The van der Waals surface area contributed by atoms with Crippen molar-refractivity contribution >= 4 is 0 Å². The van der Waals surface area contributed by atoms with Crippen molar-refractivity contribution in [3.8, 4) is 0 Å². The van der Waals surface area contributed by atoms with Crippen molar-refractivity contribution in [3.05, 3.63) is 35.1 Å². The Morgan fingerprint density at radius 1 is 1.37 bits per heavy atom. The molecule has 0 bridgehead atoms. The van der Waals surface area contributed by atoms with Gasteiger partial charge in [0.1, 0.15) is 5.82 Å². The number of rotatable bonds is 2. The average Bonchev–Trinajstić information content (AvgIpc) is 2.69. The number of halogens is 4. The van der Waals surface area contributed by atoms with Crippen molar-refractivity contribution in [1.29, 1.82) is 0 Å². The van der Waals surface area contributed by atoms with Crippen molar-refractivity contribution < 1.29 is 17.6 Å². The van der Waals surface area contributed by atoms with E-state index in [1.54, 1.807) is 0 Å². The molecule has 0 spiro atoms. The van der Waals surface area contributed by atoms with Crippen LogP contribution in [0.25, 0.3) is 0 Å². The van der Waals surface area contributed by atoms with Gasteiger partial charge in [0.15, 0.2) is 0 Å². The van der Waals surface area contributed by atoms with Crippen LogP contribution in [0.4, 0.5) is 17.6 Å². The van der Waals surface area contributed by atoms with E-state index in [1.807, 2.05) is 11.9 Å². The molecule has 2 unspecified atom stereocenters. The van der Waals surface area contributed by atoms with Gasteiger partial charge in [0.25, 0.3) is 0 Å². The normalized spacial score (nSPS) is 24.9. The zero-order chi connectivity index (χ0) is 14.2. The van der Waals surface area contributed by atoms with E-state index >= 15 is 0 Å². The number of nitrogens with zero attached hydrogens (tertiary/aromatic N) is 1. The van der Waals surface area contributed by atoms with Gasteiger partial charge in [-0.2, -0.15) is 13.2 Å². The van der Waals surface area contributed by atoms with Crippen molar-refractivity contribution in [2.45, 2.75) is 18.6 Å². The first-order chi connectivity index (χ1) is 8.82. The Bertz CT molecular complexity index is 458. The summed E-state index contributed by atoms with van der Waals surface area (Å²) in [5.41, 5.74) is 4.94. The van der Waals surface area contributed by atoms with E-state index in [2.05, 4.69) is 0 Å². The first kappa shape index (κ1) is 14.3. The second-order valence-electron chi connectivity index (χ2n) is 5.03. The fourth-order valence-electron chi connectivity index (χ4n) is 2.61. The largest absolute Gasteiger partial charge is 0.416 e. The highest BCUT2D eigenvalue weighted by Gasteiger charge is 2.34. The highest BCUT2D eigenvalue weighted by molar-refractivity contribution is 5.29. The van der Waals surface area contributed by atoms with Crippen LogP contribution in [0.1, 0.15) is 23.6 Å². The maximum absolute atomic E-state index is 13.9. The Hall–Kier alpha value is -1.14. The van der Waals surface area contributed by atoms with Gasteiger partial charge in [-0.25, -0.2) is 4.39 Å². The third-order valence-corrected chi connectivity index (χ3v) is 3.65. The molecule has 1 aromatic carbocycles. The van der Waals surface area contributed by atoms with Crippen LogP contribution in [0.15, 0.2) is 18.2 Å². The quantitative estimate of drug-likeness (QED) is 0.842. The van der Waals surface area contributed by atoms with Gasteiger partial charge in [-0.05, 0) is 38.1 Å². The van der Waals surface area contributed by atoms with E-state index in [0.29, 0.717) is 24.6 Å². The maximum Gasteiger partial charge on any atom is 0.416 e. The lowest BCUT2D eigenvalue weighted by atomic mass is 9.98. The molecule has 19 heavy (non-hydrogen) atoms. The van der Waals surface area contributed by atoms with Crippen LogP contribution in [0.5, 0.6) is 0 Å². The Morgan fingerprint density at radius 2 is 2.05 bits per heavy atom. The summed E-state index contributed by atoms with van der Waals surface area (Å²) in [5.74, 6) is -0.541. The molecule has 2 atom stereocenters. The molecule has 1 aliphatic rings. The van der Waals surface area contributed by atoms with Gasteiger partial charge < -0.3 is 5.73 Å². The van der Waals surface area contributed by atoms with E-state index < -0.39 is 17.6 Å². The lowest BCUT2D eigenvalue weighted by Gasteiger charge is -2.20. The molecule has 0 aliphatic carbocycles. The third-order valence-electron chi connectivity index (χ3n) is 3.65. The summed E-state index contributed by atoms with van der Waals surface area (Å²) in [6.45, 7) is 1.24. The summed E-state index contributed by atoms with van der Waals surface area (Å²) >= 11 is 0. The number of hydrogen-bond acceptors (Lipinski definition) is 2. The molecule has 1 fully saturated rings. The molecule has 2 rings (SSSR count). The van der Waals surface area contributed by atoms with E-state index in [4.69, 9.17) is 5.73 Å². The highest BCUT2D eigenvalue weighted by atomic mass is 19.4. The molecule has 0 aromatic heterocycles. The molecule has 6 heteroatoms. The van der Waals surface area contributed by atoms with Crippen LogP contribution in [0.2, 0.25) is 0 Å². The predicted molar refractivity (Wildman–Crippen MR) is 63.9 cm³/mol. The summed E-state index contributed by atoms with van der Waals surface area (Å²) in [7, 11) is 1.83. The van der Waals surface area contributed by atoms with Gasteiger partial charge in [-0.15, -0.1) is 0 Å². The Balaban J connectivity index is 2.27. The first-order valence-electron chi connectivity index (χ1n) is 6.10. The van der Waals surface area contributed by atoms with Gasteiger partial charge in [0, 0.05) is 18.2 Å². The summed E-state index contributed by atoms with van der Waals surface area (Å²) in [6, 6.07) is 2.54. The van der Waals surface area contributed by atoms with Gasteiger partial charge in [-0.3, -0.25) is 4.90 Å². The molecule has 2 nitrogen and oxygen atoms in total. The Kier molecular flexibility index (Phi) is 3.82. The standard InChI is InChI=1S/C13H16F4N2/c1-19-7-8(6-18)4-12(19)10-3-2-9(5-11(10)14)13(15,16)17/h2-3,5,8,12H,4,6-7,18H2,1H3. The lowest BCUT2D eigenvalue weighted by Crippen LogP contribution is -2.21. The van der Waals surface area contributed by atoms with Crippen molar-refractivity contribution in [2.75, 3.05) is 20.1 Å². The van der Waals surface area contributed by atoms with Gasteiger partial charge in [-0.1, -0.05) is 6.07 Å². The summed E-state index contributed by atoms with van der Waals surface area (Å²) in [5, 5.41) is 0. The van der Waals surface area contributed by atoms with E-state index in [0.717, 1.165) is 12.6 Å². The molecule has 0 radical (unpaired) electrons. The number of benzene rings is 1. The Morgan fingerprint density at radius 3 is 2.53 bits per heavy atom. The van der Waals surface area contributed by atoms with E-state index in [1.165, 1.54) is 6.07 Å². The van der Waals surface area contributed by atoms with Crippen LogP contribution in [-0.2, 0) is 6.18 Å². The summed E-state index contributed by atoms with van der Waals surface area (Å²) < 4.78 is 51.3. The molecule has 1 saturated heterocycles. The number of hydrogen-bond donors (Lipinski definition) is 1. The van der Waals surface area contributed by atoms with Crippen LogP contribution >= 0.6 is 0 Å².